The van der Waals surface area contributed by atoms with Crippen molar-refractivity contribution in [3.63, 3.8) is 0 Å². The normalized spacial score (nSPS) is 18.3. The van der Waals surface area contributed by atoms with Crippen LogP contribution in [0.25, 0.3) is 0 Å². The Balaban J connectivity index is 1.99. The lowest BCUT2D eigenvalue weighted by Gasteiger charge is -2.21. The predicted molar refractivity (Wildman–Crippen MR) is 75.0 cm³/mol. The maximum absolute atomic E-state index is 11.6. The number of anilines is 1. The molecule has 1 aromatic rings. The van der Waals surface area contributed by atoms with E-state index < -0.39 is 0 Å². The SMILES string of the molecule is CC1Sc2ccc(CCCCCO)cc2NC1=O. The minimum Gasteiger partial charge on any atom is -0.396 e. The Hall–Kier alpha value is -1.00. The van der Waals surface area contributed by atoms with E-state index in [1.54, 1.807) is 11.8 Å². The molecule has 18 heavy (non-hydrogen) atoms. The molecule has 1 aromatic carbocycles. The maximum atomic E-state index is 11.6. The second-order valence-electron chi connectivity index (χ2n) is 4.61. The van der Waals surface area contributed by atoms with Gasteiger partial charge in [-0.2, -0.15) is 0 Å². The number of carbonyl (C=O) groups excluding carboxylic acids is 1. The van der Waals surface area contributed by atoms with Crippen molar-refractivity contribution in [1.82, 2.24) is 0 Å². The van der Waals surface area contributed by atoms with E-state index in [-0.39, 0.29) is 17.8 Å². The van der Waals surface area contributed by atoms with Gasteiger partial charge in [-0.15, -0.1) is 11.8 Å². The van der Waals surface area contributed by atoms with Crippen LogP contribution < -0.4 is 5.32 Å². The van der Waals surface area contributed by atoms with Crippen LogP contribution in [-0.2, 0) is 11.2 Å². The summed E-state index contributed by atoms with van der Waals surface area (Å²) in [5.74, 6) is 0.0879. The molecule has 0 saturated carbocycles. The molecule has 1 aliphatic rings. The lowest BCUT2D eigenvalue weighted by atomic mass is 10.1. The van der Waals surface area contributed by atoms with Crippen LogP contribution in [0.3, 0.4) is 0 Å². The number of aryl methyl sites for hydroxylation is 1. The van der Waals surface area contributed by atoms with E-state index in [2.05, 4.69) is 23.5 Å². The largest absolute Gasteiger partial charge is 0.396 e. The molecule has 0 aliphatic carbocycles. The van der Waals surface area contributed by atoms with Crippen LogP contribution >= 0.6 is 11.8 Å². The van der Waals surface area contributed by atoms with Crippen LogP contribution in [0.2, 0.25) is 0 Å². The average molecular weight is 265 g/mol. The third-order valence-electron chi connectivity index (χ3n) is 3.10. The lowest BCUT2D eigenvalue weighted by molar-refractivity contribution is -0.115. The van der Waals surface area contributed by atoms with Gasteiger partial charge in [0.2, 0.25) is 5.91 Å². The molecule has 0 spiro atoms. The molecule has 1 unspecified atom stereocenters. The molecule has 0 fully saturated rings. The van der Waals surface area contributed by atoms with Gasteiger partial charge in [0, 0.05) is 11.5 Å². The minimum atomic E-state index is -0.00657. The number of nitrogens with one attached hydrogen (secondary N) is 1. The highest BCUT2D eigenvalue weighted by Crippen LogP contribution is 2.36. The van der Waals surface area contributed by atoms with Crippen molar-refractivity contribution in [1.29, 1.82) is 0 Å². The molecule has 1 heterocycles. The fourth-order valence-electron chi connectivity index (χ4n) is 2.03. The highest BCUT2D eigenvalue weighted by molar-refractivity contribution is 8.00. The predicted octanol–water partition coefficient (Wildman–Crippen LogP) is 2.82. The zero-order valence-corrected chi connectivity index (χ0v) is 11.4. The molecule has 0 bridgehead atoms. The first-order valence-corrected chi connectivity index (χ1v) is 7.30. The number of carbonyl (C=O) groups is 1. The van der Waals surface area contributed by atoms with Gasteiger partial charge >= 0.3 is 0 Å². The van der Waals surface area contributed by atoms with Gasteiger partial charge in [-0.05, 0) is 43.9 Å². The summed E-state index contributed by atoms with van der Waals surface area (Å²) in [6.45, 7) is 2.19. The van der Waals surface area contributed by atoms with Gasteiger partial charge < -0.3 is 10.4 Å². The molecule has 3 nitrogen and oxygen atoms in total. The summed E-state index contributed by atoms with van der Waals surface area (Å²) in [4.78, 5) is 12.8. The van der Waals surface area contributed by atoms with Crippen LogP contribution in [0.4, 0.5) is 5.69 Å². The van der Waals surface area contributed by atoms with Crippen molar-refractivity contribution >= 4 is 23.4 Å². The molecule has 2 N–H and O–H groups in total. The second-order valence-corrected chi connectivity index (χ2v) is 6.00. The second kappa shape index (κ2) is 6.25. The Morgan fingerprint density at radius 1 is 1.33 bits per heavy atom. The van der Waals surface area contributed by atoms with Crippen molar-refractivity contribution in [2.45, 2.75) is 42.8 Å². The van der Waals surface area contributed by atoms with Crippen molar-refractivity contribution in [3.05, 3.63) is 23.8 Å². The Bertz CT molecular complexity index is 434. The van der Waals surface area contributed by atoms with Crippen LogP contribution in [0.15, 0.2) is 23.1 Å². The van der Waals surface area contributed by atoms with Crippen molar-refractivity contribution in [2.75, 3.05) is 11.9 Å². The number of rotatable bonds is 5. The number of aliphatic hydroxyl groups excluding tert-OH is 1. The Morgan fingerprint density at radius 3 is 2.94 bits per heavy atom. The first kappa shape index (κ1) is 13.4. The molecular formula is C14H19NO2S. The number of hydrogen-bond acceptors (Lipinski definition) is 3. The fraction of sp³-hybridized carbons (Fsp3) is 0.500. The van der Waals surface area contributed by atoms with Gasteiger partial charge in [0.25, 0.3) is 0 Å². The molecule has 0 radical (unpaired) electrons. The summed E-state index contributed by atoms with van der Waals surface area (Å²) in [6, 6.07) is 6.30. The third-order valence-corrected chi connectivity index (χ3v) is 4.28. The van der Waals surface area contributed by atoms with Gasteiger partial charge in [-0.25, -0.2) is 0 Å². The van der Waals surface area contributed by atoms with Gasteiger partial charge in [0.1, 0.15) is 0 Å². The van der Waals surface area contributed by atoms with Crippen LogP contribution in [0.1, 0.15) is 31.7 Å². The number of benzene rings is 1. The Labute approximate surface area is 112 Å². The summed E-state index contributed by atoms with van der Waals surface area (Å²) >= 11 is 1.62. The van der Waals surface area contributed by atoms with E-state index >= 15 is 0 Å². The molecule has 1 aliphatic heterocycles. The average Bonchev–Trinajstić information content (AvgIpc) is 2.36. The maximum Gasteiger partial charge on any atom is 0.237 e. The molecule has 1 atom stereocenters. The first-order valence-electron chi connectivity index (χ1n) is 6.42. The zero-order chi connectivity index (χ0) is 13.0. The Morgan fingerprint density at radius 2 is 2.17 bits per heavy atom. The number of fused-ring (bicyclic) bond motifs is 1. The lowest BCUT2D eigenvalue weighted by Crippen LogP contribution is -2.26. The standard InChI is InChI=1S/C14H19NO2S/c1-10-14(17)15-12-9-11(5-3-2-4-8-16)6-7-13(12)18-10/h6-7,9-10,16H,2-5,8H2,1H3,(H,15,17). The van der Waals surface area contributed by atoms with Gasteiger partial charge in [0.05, 0.1) is 10.9 Å². The number of thioether (sulfide) groups is 1. The molecule has 98 valence electrons. The molecule has 4 heteroatoms. The molecule has 0 aromatic heterocycles. The third kappa shape index (κ3) is 3.27. The van der Waals surface area contributed by atoms with E-state index in [1.807, 2.05) is 6.92 Å². The molecule has 2 rings (SSSR count). The fourth-order valence-corrected chi connectivity index (χ4v) is 2.96. The summed E-state index contributed by atoms with van der Waals surface area (Å²) in [5, 5.41) is 11.7. The number of hydrogen-bond donors (Lipinski definition) is 2. The van der Waals surface area contributed by atoms with E-state index in [9.17, 15) is 4.79 Å². The number of unbranched alkanes of at least 4 members (excludes halogenated alkanes) is 2. The van der Waals surface area contributed by atoms with Gasteiger partial charge in [0.15, 0.2) is 0 Å². The van der Waals surface area contributed by atoms with Gasteiger partial charge in [-0.3, -0.25) is 4.79 Å². The quantitative estimate of drug-likeness (QED) is 0.805. The van der Waals surface area contributed by atoms with Crippen molar-refractivity contribution < 1.29 is 9.90 Å². The van der Waals surface area contributed by atoms with Crippen LogP contribution in [-0.4, -0.2) is 22.9 Å². The highest BCUT2D eigenvalue weighted by Gasteiger charge is 2.22. The minimum absolute atomic E-state index is 0.00657. The summed E-state index contributed by atoms with van der Waals surface area (Å²) in [7, 11) is 0. The summed E-state index contributed by atoms with van der Waals surface area (Å²) in [6.07, 6.45) is 4.00. The van der Waals surface area contributed by atoms with Crippen molar-refractivity contribution in [2.24, 2.45) is 0 Å². The van der Waals surface area contributed by atoms with E-state index in [0.717, 1.165) is 36.3 Å². The van der Waals surface area contributed by atoms with E-state index in [4.69, 9.17) is 5.11 Å². The summed E-state index contributed by atoms with van der Waals surface area (Å²) < 4.78 is 0. The van der Waals surface area contributed by atoms with Crippen LogP contribution in [0, 0.1) is 0 Å². The van der Waals surface area contributed by atoms with Gasteiger partial charge in [-0.1, -0.05) is 12.5 Å². The summed E-state index contributed by atoms with van der Waals surface area (Å²) in [5.41, 5.74) is 2.20. The van der Waals surface area contributed by atoms with Crippen LogP contribution in [0.5, 0.6) is 0 Å². The smallest absolute Gasteiger partial charge is 0.237 e. The molecular weight excluding hydrogens is 246 g/mol. The first-order chi connectivity index (χ1) is 8.70. The monoisotopic (exact) mass is 265 g/mol. The zero-order valence-electron chi connectivity index (χ0n) is 10.6. The van der Waals surface area contributed by atoms with E-state index in [1.165, 1.54) is 5.56 Å². The number of aliphatic hydroxyl groups is 1. The topological polar surface area (TPSA) is 49.3 Å². The Kier molecular flexibility index (Phi) is 4.66. The molecule has 1 amide bonds. The van der Waals surface area contributed by atoms with E-state index in [0.29, 0.717) is 0 Å². The highest BCUT2D eigenvalue weighted by atomic mass is 32.2. The number of amides is 1. The van der Waals surface area contributed by atoms with Crippen molar-refractivity contribution in [3.8, 4) is 0 Å². The molecule has 0 saturated heterocycles.